The van der Waals surface area contributed by atoms with Crippen LogP contribution in [0.5, 0.6) is 0 Å². The normalized spacial score (nSPS) is 13.0. The molecule has 0 amide bonds. The Hall–Kier alpha value is -1.88. The van der Waals surface area contributed by atoms with Crippen molar-refractivity contribution in [2.75, 3.05) is 0 Å². The molecule has 0 N–H and O–H groups in total. The molecule has 3 rings (SSSR count). The van der Waals surface area contributed by atoms with Crippen LogP contribution >= 0.6 is 11.6 Å². The molecule has 0 radical (unpaired) electrons. The summed E-state index contributed by atoms with van der Waals surface area (Å²) in [6, 6.07) is 2.03. The predicted molar refractivity (Wildman–Crippen MR) is 78.8 cm³/mol. The highest BCUT2D eigenvalue weighted by atomic mass is 35.5. The molecule has 0 bridgehead atoms. The summed E-state index contributed by atoms with van der Waals surface area (Å²) in [5.41, 5.74) is 2.82. The van der Waals surface area contributed by atoms with Crippen molar-refractivity contribution < 1.29 is 0 Å². The van der Waals surface area contributed by atoms with E-state index in [-0.39, 0.29) is 5.38 Å². The van der Waals surface area contributed by atoms with Crippen LogP contribution in [-0.2, 0) is 13.6 Å². The Morgan fingerprint density at radius 1 is 1.35 bits per heavy atom. The second-order valence-corrected chi connectivity index (χ2v) is 5.64. The van der Waals surface area contributed by atoms with Gasteiger partial charge in [0.1, 0.15) is 17.2 Å². The van der Waals surface area contributed by atoms with Crippen molar-refractivity contribution in [1.29, 1.82) is 0 Å². The van der Waals surface area contributed by atoms with Crippen LogP contribution < -0.4 is 0 Å². The maximum absolute atomic E-state index is 6.26. The molecule has 0 saturated heterocycles. The van der Waals surface area contributed by atoms with Crippen LogP contribution in [-0.4, -0.2) is 24.1 Å². The summed E-state index contributed by atoms with van der Waals surface area (Å²) in [5.74, 6) is 1.77. The lowest BCUT2D eigenvalue weighted by Gasteiger charge is -2.09. The average molecular weight is 290 g/mol. The molecule has 1 unspecified atom stereocenters. The van der Waals surface area contributed by atoms with Crippen molar-refractivity contribution in [2.24, 2.45) is 7.05 Å². The van der Waals surface area contributed by atoms with E-state index < -0.39 is 0 Å². The van der Waals surface area contributed by atoms with Crippen molar-refractivity contribution in [2.45, 2.75) is 25.8 Å². The van der Waals surface area contributed by atoms with Crippen molar-refractivity contribution in [1.82, 2.24) is 24.1 Å². The fraction of sp³-hybridized carbons (Fsp3) is 0.357. The lowest BCUT2D eigenvalue weighted by Crippen LogP contribution is -2.10. The number of aromatic nitrogens is 5. The number of hydrogen-bond donors (Lipinski definition) is 0. The maximum Gasteiger partial charge on any atom is 0.160 e. The van der Waals surface area contributed by atoms with Gasteiger partial charge < -0.3 is 9.13 Å². The minimum atomic E-state index is -0.176. The van der Waals surface area contributed by atoms with Gasteiger partial charge >= 0.3 is 0 Å². The van der Waals surface area contributed by atoms with Gasteiger partial charge in [0.05, 0.1) is 11.9 Å². The summed E-state index contributed by atoms with van der Waals surface area (Å²) in [5, 5.41) is -0.176. The van der Waals surface area contributed by atoms with Gasteiger partial charge in [-0.2, -0.15) is 0 Å². The van der Waals surface area contributed by atoms with Crippen LogP contribution in [0.1, 0.15) is 29.5 Å². The van der Waals surface area contributed by atoms with Gasteiger partial charge in [0.2, 0.25) is 0 Å². The number of alkyl halides is 1. The molecule has 3 aromatic heterocycles. The number of nitrogens with zero attached hydrogens (tertiary/aromatic N) is 5. The van der Waals surface area contributed by atoms with Crippen molar-refractivity contribution >= 4 is 22.8 Å². The fourth-order valence-corrected chi connectivity index (χ4v) is 2.45. The summed E-state index contributed by atoms with van der Waals surface area (Å²) >= 11 is 6.26. The molecular weight excluding hydrogens is 274 g/mol. The third-order valence-electron chi connectivity index (χ3n) is 3.33. The Labute approximate surface area is 122 Å². The first-order valence-electron chi connectivity index (χ1n) is 6.49. The highest BCUT2D eigenvalue weighted by Gasteiger charge is 2.17. The monoisotopic (exact) mass is 289 g/mol. The average Bonchev–Trinajstić information content (AvgIpc) is 2.95. The summed E-state index contributed by atoms with van der Waals surface area (Å²) in [4.78, 5) is 13.5. The van der Waals surface area contributed by atoms with E-state index in [2.05, 4.69) is 15.0 Å². The molecule has 3 aromatic rings. The largest absolute Gasteiger partial charge is 0.337 e. The van der Waals surface area contributed by atoms with E-state index in [0.717, 1.165) is 28.4 Å². The van der Waals surface area contributed by atoms with Crippen LogP contribution in [0.4, 0.5) is 0 Å². The summed E-state index contributed by atoms with van der Waals surface area (Å²) in [6.45, 7) is 4.54. The van der Waals surface area contributed by atoms with E-state index in [1.54, 1.807) is 6.20 Å². The Morgan fingerprint density at radius 3 is 2.80 bits per heavy atom. The first-order valence-corrected chi connectivity index (χ1v) is 6.93. The van der Waals surface area contributed by atoms with E-state index >= 15 is 0 Å². The smallest absolute Gasteiger partial charge is 0.160 e. The highest BCUT2D eigenvalue weighted by Crippen LogP contribution is 2.24. The van der Waals surface area contributed by atoms with Gasteiger partial charge in [-0.1, -0.05) is 0 Å². The van der Waals surface area contributed by atoms with Crippen LogP contribution in [0.25, 0.3) is 11.2 Å². The van der Waals surface area contributed by atoms with Gasteiger partial charge in [-0.05, 0) is 25.5 Å². The standard InChI is InChI=1S/C14H16ClN5/c1-9-6-11-14(17-7-9)20(13(18-11)10(2)15)8-12-16-4-5-19(12)3/h4-7,10H,8H2,1-3H3. The van der Waals surface area contributed by atoms with Gasteiger partial charge in [0.25, 0.3) is 0 Å². The molecule has 104 valence electrons. The van der Waals surface area contributed by atoms with Crippen molar-refractivity contribution in [3.05, 3.63) is 41.9 Å². The van der Waals surface area contributed by atoms with Crippen LogP contribution in [0.2, 0.25) is 0 Å². The second kappa shape index (κ2) is 4.90. The zero-order valence-corrected chi connectivity index (χ0v) is 12.5. The number of halogens is 1. The molecule has 20 heavy (non-hydrogen) atoms. The van der Waals surface area contributed by atoms with E-state index in [9.17, 15) is 0 Å². The summed E-state index contributed by atoms with van der Waals surface area (Å²) < 4.78 is 4.03. The van der Waals surface area contributed by atoms with Crippen LogP contribution in [0, 0.1) is 6.92 Å². The van der Waals surface area contributed by atoms with E-state index in [0.29, 0.717) is 6.54 Å². The van der Waals surface area contributed by atoms with Gasteiger partial charge in [-0.3, -0.25) is 0 Å². The predicted octanol–water partition coefficient (Wildman–Crippen LogP) is 2.82. The van der Waals surface area contributed by atoms with Gasteiger partial charge in [0.15, 0.2) is 5.65 Å². The summed E-state index contributed by atoms with van der Waals surface area (Å²) in [7, 11) is 1.98. The van der Waals surface area contributed by atoms with E-state index in [1.165, 1.54) is 0 Å². The third-order valence-corrected chi connectivity index (χ3v) is 3.52. The summed E-state index contributed by atoms with van der Waals surface area (Å²) in [6.07, 6.45) is 5.56. The zero-order valence-electron chi connectivity index (χ0n) is 11.7. The number of fused-ring (bicyclic) bond motifs is 1. The number of hydrogen-bond acceptors (Lipinski definition) is 3. The molecule has 1 atom stereocenters. The Kier molecular flexibility index (Phi) is 3.22. The van der Waals surface area contributed by atoms with Crippen LogP contribution in [0.15, 0.2) is 24.7 Å². The fourth-order valence-electron chi connectivity index (χ4n) is 2.28. The molecule has 6 heteroatoms. The number of imidazole rings is 2. The molecular formula is C14H16ClN5. The van der Waals surface area contributed by atoms with Crippen LogP contribution in [0.3, 0.4) is 0 Å². The van der Waals surface area contributed by atoms with Gasteiger partial charge in [-0.15, -0.1) is 11.6 Å². The molecule has 3 heterocycles. The zero-order chi connectivity index (χ0) is 14.3. The molecule has 0 aliphatic heterocycles. The Balaban J connectivity index is 2.16. The Bertz CT molecular complexity index is 756. The number of aryl methyl sites for hydroxylation is 2. The Morgan fingerprint density at radius 2 is 2.15 bits per heavy atom. The first-order chi connectivity index (χ1) is 9.56. The second-order valence-electron chi connectivity index (χ2n) is 4.98. The topological polar surface area (TPSA) is 48.5 Å². The maximum atomic E-state index is 6.26. The van der Waals surface area contributed by atoms with E-state index in [1.807, 2.05) is 48.5 Å². The minimum Gasteiger partial charge on any atom is -0.337 e. The van der Waals surface area contributed by atoms with Crippen molar-refractivity contribution in [3.63, 3.8) is 0 Å². The lowest BCUT2D eigenvalue weighted by molar-refractivity contribution is 0.672. The third kappa shape index (κ3) is 2.18. The highest BCUT2D eigenvalue weighted by molar-refractivity contribution is 6.20. The molecule has 0 saturated carbocycles. The molecule has 0 aromatic carbocycles. The number of pyridine rings is 1. The molecule has 0 aliphatic carbocycles. The molecule has 5 nitrogen and oxygen atoms in total. The first kappa shape index (κ1) is 13.1. The van der Waals surface area contributed by atoms with Gasteiger partial charge in [-0.25, -0.2) is 15.0 Å². The number of rotatable bonds is 3. The molecule has 0 spiro atoms. The minimum absolute atomic E-state index is 0.176. The molecule has 0 aliphatic rings. The van der Waals surface area contributed by atoms with E-state index in [4.69, 9.17) is 11.6 Å². The SMILES string of the molecule is Cc1cnc2c(c1)nc(C(C)Cl)n2Cc1nccn1C. The lowest BCUT2D eigenvalue weighted by atomic mass is 10.3. The molecule has 0 fully saturated rings. The van der Waals surface area contributed by atoms with Crippen molar-refractivity contribution in [3.8, 4) is 0 Å². The van der Waals surface area contributed by atoms with Gasteiger partial charge in [0, 0.05) is 25.6 Å². The quantitative estimate of drug-likeness (QED) is 0.697.